The maximum atomic E-state index is 12.6. The van der Waals surface area contributed by atoms with Gasteiger partial charge in [-0.05, 0) is 31.2 Å². The fraction of sp³-hybridized carbons (Fsp3) is 0.200. The van der Waals surface area contributed by atoms with E-state index < -0.39 is 18.0 Å². The second-order valence-corrected chi connectivity index (χ2v) is 5.58. The van der Waals surface area contributed by atoms with Crippen molar-refractivity contribution in [1.82, 2.24) is 0 Å². The van der Waals surface area contributed by atoms with Crippen LogP contribution in [0.4, 0.5) is 5.69 Å². The summed E-state index contributed by atoms with van der Waals surface area (Å²) < 4.78 is 15.5. The fourth-order valence-electron chi connectivity index (χ4n) is 2.45. The highest BCUT2D eigenvalue weighted by atomic mass is 16.6. The van der Waals surface area contributed by atoms with E-state index >= 15 is 0 Å². The molecule has 0 saturated heterocycles. The molecule has 8 heteroatoms. The van der Waals surface area contributed by atoms with E-state index in [1.54, 1.807) is 24.3 Å². The van der Waals surface area contributed by atoms with Crippen LogP contribution in [0.15, 0.2) is 36.4 Å². The molecule has 0 aliphatic carbocycles. The number of hydrogen-bond acceptors (Lipinski definition) is 7. The zero-order valence-electron chi connectivity index (χ0n) is 15.5. The molecular formula is C20H18N2O6. The first-order valence-electron chi connectivity index (χ1n) is 8.17. The smallest absolute Gasteiger partial charge is 0.343 e. The van der Waals surface area contributed by atoms with Crippen molar-refractivity contribution in [3.8, 4) is 17.6 Å². The molecule has 0 unspecified atom stereocenters. The number of hydrogen-bond donors (Lipinski definition) is 1. The molecule has 0 saturated carbocycles. The van der Waals surface area contributed by atoms with Crippen LogP contribution >= 0.6 is 0 Å². The number of rotatable bonds is 7. The lowest BCUT2D eigenvalue weighted by molar-refractivity contribution is -0.123. The standard InChI is InChI=1S/C20H18N2O6/c1-12(19(24)22-15-7-5-4-6-13(15)10-21)28-20(25)17-14(11-23)8-9-16(26-2)18(17)27-3/h4-9,11-12H,1-3H3,(H,22,24)/t12-/m0/s1. The van der Waals surface area contributed by atoms with Gasteiger partial charge in [-0.15, -0.1) is 0 Å². The summed E-state index contributed by atoms with van der Waals surface area (Å²) in [6.07, 6.45) is -0.721. The summed E-state index contributed by atoms with van der Waals surface area (Å²) in [5, 5.41) is 11.6. The van der Waals surface area contributed by atoms with Crippen LogP contribution in [-0.4, -0.2) is 38.5 Å². The number of ether oxygens (including phenoxy) is 3. The van der Waals surface area contributed by atoms with Gasteiger partial charge in [0.15, 0.2) is 23.9 Å². The molecule has 1 N–H and O–H groups in total. The van der Waals surface area contributed by atoms with Gasteiger partial charge in [0.2, 0.25) is 0 Å². The van der Waals surface area contributed by atoms with Gasteiger partial charge in [-0.25, -0.2) is 4.79 Å². The van der Waals surface area contributed by atoms with Crippen molar-refractivity contribution in [3.63, 3.8) is 0 Å². The summed E-state index contributed by atoms with van der Waals surface area (Å²) in [5.41, 5.74) is 0.455. The molecule has 0 aromatic heterocycles. The molecule has 0 aliphatic heterocycles. The van der Waals surface area contributed by atoms with Crippen LogP contribution < -0.4 is 14.8 Å². The monoisotopic (exact) mass is 382 g/mol. The van der Waals surface area contributed by atoms with E-state index in [1.807, 2.05) is 6.07 Å². The van der Waals surface area contributed by atoms with Crippen LogP contribution in [0.2, 0.25) is 0 Å². The number of methoxy groups -OCH3 is 2. The Labute approximate surface area is 161 Å². The van der Waals surface area contributed by atoms with Gasteiger partial charge >= 0.3 is 5.97 Å². The number of benzene rings is 2. The summed E-state index contributed by atoms with van der Waals surface area (Å²) in [6.45, 7) is 1.37. The average Bonchev–Trinajstić information content (AvgIpc) is 2.72. The SMILES string of the molecule is COc1ccc(C=O)c(C(=O)O[C@@H](C)C(=O)Nc2ccccc2C#N)c1OC. The highest BCUT2D eigenvalue weighted by Crippen LogP contribution is 2.33. The Kier molecular flexibility index (Phi) is 6.71. The maximum Gasteiger partial charge on any atom is 0.343 e. The predicted molar refractivity (Wildman–Crippen MR) is 99.6 cm³/mol. The fourth-order valence-corrected chi connectivity index (χ4v) is 2.45. The third-order valence-corrected chi connectivity index (χ3v) is 3.87. The van der Waals surface area contributed by atoms with Crippen LogP contribution in [0.1, 0.15) is 33.2 Å². The Morgan fingerprint density at radius 1 is 1.14 bits per heavy atom. The molecule has 0 radical (unpaired) electrons. The summed E-state index contributed by atoms with van der Waals surface area (Å²) in [5.74, 6) is -1.29. The lowest BCUT2D eigenvalue weighted by Crippen LogP contribution is -2.30. The molecule has 2 aromatic carbocycles. The third-order valence-electron chi connectivity index (χ3n) is 3.87. The molecule has 144 valence electrons. The van der Waals surface area contributed by atoms with Gasteiger partial charge in [0.1, 0.15) is 11.6 Å². The van der Waals surface area contributed by atoms with Gasteiger partial charge in [0.05, 0.1) is 25.5 Å². The summed E-state index contributed by atoms with van der Waals surface area (Å²) in [4.78, 5) is 36.3. The van der Waals surface area contributed by atoms with Crippen LogP contribution in [-0.2, 0) is 9.53 Å². The molecule has 0 bridgehead atoms. The number of nitriles is 1. The van der Waals surface area contributed by atoms with E-state index in [0.717, 1.165) is 0 Å². The number of carbonyl (C=O) groups excluding carboxylic acids is 3. The van der Waals surface area contributed by atoms with Crippen molar-refractivity contribution in [2.75, 3.05) is 19.5 Å². The zero-order valence-corrected chi connectivity index (χ0v) is 15.5. The van der Waals surface area contributed by atoms with Gasteiger partial charge in [0.25, 0.3) is 5.91 Å². The van der Waals surface area contributed by atoms with Crippen molar-refractivity contribution in [2.45, 2.75) is 13.0 Å². The van der Waals surface area contributed by atoms with Crippen LogP contribution in [0.5, 0.6) is 11.5 Å². The van der Waals surface area contributed by atoms with E-state index in [-0.39, 0.29) is 28.2 Å². The van der Waals surface area contributed by atoms with Gasteiger partial charge < -0.3 is 19.5 Å². The minimum absolute atomic E-state index is 0.0273. The maximum absolute atomic E-state index is 12.6. The number of nitrogens with one attached hydrogen (secondary N) is 1. The van der Waals surface area contributed by atoms with Crippen molar-refractivity contribution in [3.05, 3.63) is 53.1 Å². The van der Waals surface area contributed by atoms with E-state index in [2.05, 4.69) is 5.32 Å². The van der Waals surface area contributed by atoms with E-state index in [1.165, 1.54) is 33.3 Å². The largest absolute Gasteiger partial charge is 0.493 e. The molecule has 2 rings (SSSR count). The molecule has 1 amide bonds. The highest BCUT2D eigenvalue weighted by Gasteiger charge is 2.26. The molecular weight excluding hydrogens is 364 g/mol. The minimum atomic E-state index is -1.20. The first-order valence-corrected chi connectivity index (χ1v) is 8.17. The molecule has 0 spiro atoms. The van der Waals surface area contributed by atoms with Gasteiger partial charge in [0, 0.05) is 5.56 Å². The number of aldehydes is 1. The quantitative estimate of drug-likeness (QED) is 0.578. The number of esters is 1. The zero-order chi connectivity index (χ0) is 20.7. The van der Waals surface area contributed by atoms with Crippen molar-refractivity contribution in [1.29, 1.82) is 5.26 Å². The Morgan fingerprint density at radius 3 is 2.46 bits per heavy atom. The second kappa shape index (κ2) is 9.19. The predicted octanol–water partition coefficient (Wildman–Crippen LogP) is 2.57. The van der Waals surface area contributed by atoms with E-state index in [4.69, 9.17) is 19.5 Å². The Balaban J connectivity index is 2.24. The Morgan fingerprint density at radius 2 is 1.86 bits per heavy atom. The lowest BCUT2D eigenvalue weighted by atomic mass is 10.1. The number of carbonyl (C=O) groups is 3. The van der Waals surface area contributed by atoms with Crippen LogP contribution in [0, 0.1) is 11.3 Å². The average molecular weight is 382 g/mol. The normalized spacial score (nSPS) is 10.9. The minimum Gasteiger partial charge on any atom is -0.493 e. The number of anilines is 1. The van der Waals surface area contributed by atoms with Crippen LogP contribution in [0.3, 0.4) is 0 Å². The van der Waals surface area contributed by atoms with Crippen molar-refractivity contribution < 1.29 is 28.6 Å². The lowest BCUT2D eigenvalue weighted by Gasteiger charge is -2.17. The highest BCUT2D eigenvalue weighted by molar-refractivity contribution is 6.03. The second-order valence-electron chi connectivity index (χ2n) is 5.58. The number of amides is 1. The first kappa shape index (κ1) is 20.5. The molecule has 0 fully saturated rings. The third kappa shape index (κ3) is 4.27. The first-order chi connectivity index (χ1) is 13.5. The summed E-state index contributed by atoms with van der Waals surface area (Å²) in [6, 6.07) is 11.2. The Hall–Kier alpha value is -3.86. The van der Waals surface area contributed by atoms with Gasteiger partial charge in [-0.3, -0.25) is 9.59 Å². The molecule has 0 heterocycles. The molecule has 0 aliphatic rings. The summed E-state index contributed by atoms with van der Waals surface area (Å²) >= 11 is 0. The number of para-hydroxylation sites is 1. The van der Waals surface area contributed by atoms with Crippen LogP contribution in [0.25, 0.3) is 0 Å². The molecule has 28 heavy (non-hydrogen) atoms. The molecule has 2 aromatic rings. The van der Waals surface area contributed by atoms with Crippen molar-refractivity contribution in [2.24, 2.45) is 0 Å². The summed E-state index contributed by atoms with van der Waals surface area (Å²) in [7, 11) is 2.70. The van der Waals surface area contributed by atoms with E-state index in [0.29, 0.717) is 12.0 Å². The molecule has 8 nitrogen and oxygen atoms in total. The van der Waals surface area contributed by atoms with E-state index in [9.17, 15) is 14.4 Å². The van der Waals surface area contributed by atoms with Gasteiger partial charge in [-0.2, -0.15) is 5.26 Å². The van der Waals surface area contributed by atoms with Crippen molar-refractivity contribution >= 4 is 23.9 Å². The molecule has 1 atom stereocenters. The Bertz CT molecular complexity index is 948. The van der Waals surface area contributed by atoms with Gasteiger partial charge in [-0.1, -0.05) is 12.1 Å². The topological polar surface area (TPSA) is 115 Å². The number of nitrogens with zero attached hydrogens (tertiary/aromatic N) is 1.